The Morgan fingerprint density at radius 2 is 1.78 bits per heavy atom. The molecule has 1 unspecified atom stereocenters. The molecule has 1 N–H and O–H groups in total. The highest BCUT2D eigenvalue weighted by Crippen LogP contribution is 2.45. The van der Waals surface area contributed by atoms with Gasteiger partial charge in [0.2, 0.25) is 10.0 Å². The topological polar surface area (TPSA) is 75.7 Å². The molecular weight excluding hydrogens is 491 g/mol. The molecule has 1 heterocycles. The Labute approximate surface area is 217 Å². The molecular formula is C29H31FN2O4S. The van der Waals surface area contributed by atoms with Crippen molar-refractivity contribution in [3.8, 4) is 16.9 Å². The molecule has 2 aliphatic rings. The Hall–Kier alpha value is -3.23. The summed E-state index contributed by atoms with van der Waals surface area (Å²) in [7, 11) is -3.79. The highest BCUT2D eigenvalue weighted by Gasteiger charge is 2.31. The van der Waals surface area contributed by atoms with E-state index in [9.17, 15) is 17.6 Å². The molecule has 0 aromatic heterocycles. The van der Waals surface area contributed by atoms with E-state index in [2.05, 4.69) is 41.3 Å². The normalized spacial score (nSPS) is 18.4. The van der Waals surface area contributed by atoms with Gasteiger partial charge in [-0.25, -0.2) is 17.5 Å². The minimum atomic E-state index is -3.79. The molecule has 1 saturated heterocycles. The average Bonchev–Trinajstić information content (AvgIpc) is 3.70. The number of hydrogen-bond acceptors (Lipinski definition) is 5. The van der Waals surface area contributed by atoms with Gasteiger partial charge in [-0.3, -0.25) is 9.69 Å². The quantitative estimate of drug-likeness (QED) is 0.445. The van der Waals surface area contributed by atoms with E-state index in [-0.39, 0.29) is 17.6 Å². The Balaban J connectivity index is 1.32. The Bertz CT molecular complexity index is 1390. The smallest absolute Gasteiger partial charge is 0.267 e. The highest BCUT2D eigenvalue weighted by atomic mass is 32.2. The zero-order valence-electron chi connectivity index (χ0n) is 20.8. The van der Waals surface area contributed by atoms with E-state index in [0.717, 1.165) is 50.6 Å². The van der Waals surface area contributed by atoms with Crippen molar-refractivity contribution < 1.29 is 22.3 Å². The third kappa shape index (κ3) is 6.37. The number of nitrogens with zero attached hydrogens (tertiary/aromatic N) is 1. The second kappa shape index (κ2) is 10.6. The van der Waals surface area contributed by atoms with Crippen LogP contribution in [0, 0.1) is 5.82 Å². The Morgan fingerprint density at radius 3 is 2.51 bits per heavy atom. The lowest BCUT2D eigenvalue weighted by Crippen LogP contribution is -2.40. The minimum absolute atomic E-state index is 0.106. The predicted octanol–water partition coefficient (Wildman–Crippen LogP) is 5.10. The molecule has 1 aliphatic carbocycles. The maximum Gasteiger partial charge on any atom is 0.267 e. The number of halogens is 1. The fourth-order valence-electron chi connectivity index (χ4n) is 5.02. The van der Waals surface area contributed by atoms with Gasteiger partial charge in [0.1, 0.15) is 17.7 Å². The Morgan fingerprint density at radius 1 is 1.05 bits per heavy atom. The lowest BCUT2D eigenvalue weighted by molar-refractivity contribution is 0.0833. The van der Waals surface area contributed by atoms with Gasteiger partial charge in [-0.15, -0.1) is 0 Å². The molecule has 6 nitrogen and oxygen atoms in total. The van der Waals surface area contributed by atoms with Gasteiger partial charge in [-0.05, 0) is 66.5 Å². The second-order valence-corrected chi connectivity index (χ2v) is 11.7. The standard InChI is InChI=1S/C29H31FN2O4S/c1-37(34,35)31-29(33)26-16-25(21-13-14-21)28(17-27(26)30)36-23-11-7-15-32(19-23)18-22-10-5-6-12-24(22)20-8-3-2-4-9-20/h2-6,8-10,12,16-17,21,23H,7,11,13-15,18-19H2,1H3,(H,31,33). The minimum Gasteiger partial charge on any atom is -0.489 e. The molecule has 37 heavy (non-hydrogen) atoms. The number of nitrogens with one attached hydrogen (secondary N) is 1. The third-order valence-electron chi connectivity index (χ3n) is 6.89. The molecule has 0 bridgehead atoms. The molecule has 1 aliphatic heterocycles. The van der Waals surface area contributed by atoms with Gasteiger partial charge < -0.3 is 4.74 Å². The first-order valence-electron chi connectivity index (χ1n) is 12.6. The largest absolute Gasteiger partial charge is 0.489 e. The third-order valence-corrected chi connectivity index (χ3v) is 7.45. The molecule has 3 aromatic carbocycles. The number of hydrogen-bond donors (Lipinski definition) is 1. The molecule has 8 heteroatoms. The number of rotatable bonds is 8. The molecule has 0 radical (unpaired) electrons. The van der Waals surface area contributed by atoms with Gasteiger partial charge in [0.05, 0.1) is 11.8 Å². The Kier molecular flexibility index (Phi) is 7.31. The summed E-state index contributed by atoms with van der Waals surface area (Å²) >= 11 is 0. The number of likely N-dealkylation sites (tertiary alicyclic amines) is 1. The van der Waals surface area contributed by atoms with Crippen LogP contribution in [-0.4, -0.2) is 44.7 Å². The summed E-state index contributed by atoms with van der Waals surface area (Å²) in [6.45, 7) is 2.46. The van der Waals surface area contributed by atoms with Crippen molar-refractivity contribution in [3.05, 3.63) is 89.2 Å². The van der Waals surface area contributed by atoms with Crippen molar-refractivity contribution in [3.63, 3.8) is 0 Å². The lowest BCUT2D eigenvalue weighted by atomic mass is 9.98. The number of benzene rings is 3. The molecule has 194 valence electrons. The summed E-state index contributed by atoms with van der Waals surface area (Å²) < 4.78 is 46.1. The maximum absolute atomic E-state index is 14.9. The van der Waals surface area contributed by atoms with Crippen molar-refractivity contribution >= 4 is 15.9 Å². The van der Waals surface area contributed by atoms with Gasteiger partial charge in [-0.1, -0.05) is 54.6 Å². The van der Waals surface area contributed by atoms with Gasteiger partial charge in [0.15, 0.2) is 0 Å². The van der Waals surface area contributed by atoms with Gasteiger partial charge in [0.25, 0.3) is 5.91 Å². The van der Waals surface area contributed by atoms with Crippen LogP contribution in [0.5, 0.6) is 5.75 Å². The van der Waals surface area contributed by atoms with E-state index in [1.54, 1.807) is 0 Å². The van der Waals surface area contributed by atoms with E-state index in [1.807, 2.05) is 22.9 Å². The van der Waals surface area contributed by atoms with Crippen LogP contribution in [-0.2, 0) is 16.6 Å². The highest BCUT2D eigenvalue weighted by molar-refractivity contribution is 7.89. The van der Waals surface area contributed by atoms with E-state index in [4.69, 9.17) is 4.74 Å². The summed E-state index contributed by atoms with van der Waals surface area (Å²) in [4.78, 5) is 14.7. The van der Waals surface area contributed by atoms with E-state index < -0.39 is 21.7 Å². The van der Waals surface area contributed by atoms with Crippen LogP contribution in [0.4, 0.5) is 4.39 Å². The first-order valence-corrected chi connectivity index (χ1v) is 14.5. The maximum atomic E-state index is 14.9. The monoisotopic (exact) mass is 522 g/mol. The molecule has 1 atom stereocenters. The van der Waals surface area contributed by atoms with Gasteiger partial charge in [-0.2, -0.15) is 0 Å². The number of carbonyl (C=O) groups excluding carboxylic acids is 1. The van der Waals surface area contributed by atoms with E-state index >= 15 is 0 Å². The summed E-state index contributed by atoms with van der Waals surface area (Å²) in [6, 6.07) is 21.5. The van der Waals surface area contributed by atoms with Crippen molar-refractivity contribution in [1.29, 1.82) is 0 Å². The summed E-state index contributed by atoms with van der Waals surface area (Å²) in [5, 5.41) is 0. The zero-order valence-corrected chi connectivity index (χ0v) is 21.6. The van der Waals surface area contributed by atoms with E-state index in [0.29, 0.717) is 12.3 Å². The lowest BCUT2D eigenvalue weighted by Gasteiger charge is -2.34. The number of ether oxygens (including phenoxy) is 1. The molecule has 1 saturated carbocycles. The van der Waals surface area contributed by atoms with Crippen LogP contribution < -0.4 is 9.46 Å². The number of piperidine rings is 1. The zero-order chi connectivity index (χ0) is 26.0. The molecule has 1 amide bonds. The van der Waals surface area contributed by atoms with Crippen LogP contribution >= 0.6 is 0 Å². The van der Waals surface area contributed by atoms with Crippen molar-refractivity contribution in [2.45, 2.75) is 44.2 Å². The van der Waals surface area contributed by atoms with Crippen LogP contribution in [0.2, 0.25) is 0 Å². The second-order valence-electron chi connectivity index (χ2n) is 9.99. The molecule has 3 aromatic rings. The fourth-order valence-corrected chi connectivity index (χ4v) is 5.46. The number of sulfonamides is 1. The van der Waals surface area contributed by atoms with Crippen molar-refractivity contribution in [2.75, 3.05) is 19.3 Å². The molecule has 5 rings (SSSR count). The summed E-state index contributed by atoms with van der Waals surface area (Å²) in [5.41, 5.74) is 4.15. The first-order chi connectivity index (χ1) is 17.8. The van der Waals surface area contributed by atoms with E-state index in [1.165, 1.54) is 28.8 Å². The SMILES string of the molecule is CS(=O)(=O)NC(=O)c1cc(C2CC2)c(OC2CCCN(Cc3ccccc3-c3ccccc3)C2)cc1F. The summed E-state index contributed by atoms with van der Waals surface area (Å²) in [6.07, 6.45) is 4.46. The number of carbonyl (C=O) groups is 1. The fraction of sp³-hybridized carbons (Fsp3) is 0.345. The van der Waals surface area contributed by atoms with Crippen LogP contribution in [0.25, 0.3) is 11.1 Å². The van der Waals surface area contributed by atoms with Crippen LogP contribution in [0.1, 0.15) is 53.1 Å². The summed E-state index contributed by atoms with van der Waals surface area (Å²) in [5.74, 6) is -1.11. The first kappa shape index (κ1) is 25.4. The predicted molar refractivity (Wildman–Crippen MR) is 141 cm³/mol. The van der Waals surface area contributed by atoms with Crippen molar-refractivity contribution in [1.82, 2.24) is 9.62 Å². The van der Waals surface area contributed by atoms with Crippen LogP contribution in [0.3, 0.4) is 0 Å². The molecule has 0 spiro atoms. The number of amides is 1. The average molecular weight is 523 g/mol. The van der Waals surface area contributed by atoms with Gasteiger partial charge in [0, 0.05) is 19.2 Å². The van der Waals surface area contributed by atoms with Gasteiger partial charge >= 0.3 is 0 Å². The molecule has 2 fully saturated rings. The van der Waals surface area contributed by atoms with Crippen molar-refractivity contribution in [2.24, 2.45) is 0 Å². The van der Waals surface area contributed by atoms with Crippen LogP contribution in [0.15, 0.2) is 66.7 Å².